The fourth-order valence-electron chi connectivity index (χ4n) is 4.98. The average Bonchev–Trinajstić information content (AvgIpc) is 3.24. The van der Waals surface area contributed by atoms with Gasteiger partial charge in [0.2, 0.25) is 5.88 Å². The van der Waals surface area contributed by atoms with Crippen molar-refractivity contribution in [2.45, 2.75) is 38.1 Å². The SMILES string of the molecule is O=C(O)c1cnc(OCC(C2CCCCC2)n2c(-c3ccc(Cl)cc3)nc3cc(F)c(F)cc32)c(Cl)c1. The molecule has 1 atom stereocenters. The maximum absolute atomic E-state index is 14.5. The van der Waals surface area contributed by atoms with Gasteiger partial charge in [0.25, 0.3) is 0 Å². The first kappa shape index (κ1) is 25.4. The first-order valence-electron chi connectivity index (χ1n) is 12.0. The Hall–Kier alpha value is -3.23. The van der Waals surface area contributed by atoms with E-state index in [1.165, 1.54) is 18.3 Å². The number of imidazole rings is 1. The third-order valence-corrected chi connectivity index (χ3v) is 7.33. The van der Waals surface area contributed by atoms with Gasteiger partial charge in [0, 0.05) is 28.9 Å². The van der Waals surface area contributed by atoms with Crippen LogP contribution in [0.25, 0.3) is 22.4 Å². The molecule has 1 aliphatic rings. The van der Waals surface area contributed by atoms with Crippen LogP contribution in [0.4, 0.5) is 8.78 Å². The maximum atomic E-state index is 14.5. The van der Waals surface area contributed by atoms with Gasteiger partial charge in [0.1, 0.15) is 17.5 Å². The van der Waals surface area contributed by atoms with Crippen molar-refractivity contribution < 1.29 is 23.4 Å². The second-order valence-corrected chi connectivity index (χ2v) is 10.0. The smallest absolute Gasteiger partial charge is 0.337 e. The standard InChI is InChI=1S/C27H23Cl2F2N3O3/c28-18-8-6-16(7-9-18)25-33-22-11-20(30)21(31)12-23(22)34(25)24(15-4-2-1-3-5-15)14-37-26-19(29)10-17(13-32-26)27(35)36/h6-13,15,24H,1-5,14H2,(H,35,36). The van der Waals surface area contributed by atoms with Crippen molar-refractivity contribution in [2.24, 2.45) is 5.92 Å². The number of halogens is 4. The van der Waals surface area contributed by atoms with Crippen LogP contribution in [0.15, 0.2) is 48.7 Å². The van der Waals surface area contributed by atoms with Gasteiger partial charge in [-0.05, 0) is 49.1 Å². The van der Waals surface area contributed by atoms with Crippen LogP contribution in [-0.2, 0) is 0 Å². The zero-order valence-corrected chi connectivity index (χ0v) is 21.1. The Kier molecular flexibility index (Phi) is 7.31. The Bertz CT molecular complexity index is 1450. The van der Waals surface area contributed by atoms with Gasteiger partial charge in [-0.15, -0.1) is 0 Å². The molecular weight excluding hydrogens is 523 g/mol. The van der Waals surface area contributed by atoms with E-state index in [0.717, 1.165) is 43.7 Å². The van der Waals surface area contributed by atoms with Gasteiger partial charge in [-0.3, -0.25) is 0 Å². The van der Waals surface area contributed by atoms with Crippen LogP contribution in [0.5, 0.6) is 5.88 Å². The van der Waals surface area contributed by atoms with Crippen molar-refractivity contribution in [2.75, 3.05) is 6.61 Å². The van der Waals surface area contributed by atoms with Crippen LogP contribution >= 0.6 is 23.2 Å². The van der Waals surface area contributed by atoms with E-state index in [1.807, 2.05) is 16.7 Å². The minimum atomic E-state index is -1.15. The molecule has 0 amide bonds. The second-order valence-electron chi connectivity index (χ2n) is 9.16. The zero-order chi connectivity index (χ0) is 26.1. The van der Waals surface area contributed by atoms with Gasteiger partial charge >= 0.3 is 5.97 Å². The molecule has 6 nitrogen and oxygen atoms in total. The van der Waals surface area contributed by atoms with E-state index in [4.69, 9.17) is 27.9 Å². The first-order chi connectivity index (χ1) is 17.8. The number of hydrogen-bond acceptors (Lipinski definition) is 4. The summed E-state index contributed by atoms with van der Waals surface area (Å²) >= 11 is 12.4. The van der Waals surface area contributed by atoms with E-state index < -0.39 is 17.6 Å². The van der Waals surface area contributed by atoms with Crippen molar-refractivity contribution in [3.63, 3.8) is 0 Å². The molecule has 0 aliphatic heterocycles. The summed E-state index contributed by atoms with van der Waals surface area (Å²) in [5.74, 6) is -2.28. The highest BCUT2D eigenvalue weighted by Gasteiger charge is 2.31. The lowest BCUT2D eigenvalue weighted by atomic mass is 9.83. The number of ether oxygens (including phenoxy) is 1. The van der Waals surface area contributed by atoms with Crippen LogP contribution < -0.4 is 4.74 Å². The molecule has 0 bridgehead atoms. The predicted molar refractivity (Wildman–Crippen MR) is 137 cm³/mol. The fraction of sp³-hybridized carbons (Fsp3) is 0.296. The summed E-state index contributed by atoms with van der Waals surface area (Å²) in [4.78, 5) is 20.0. The van der Waals surface area contributed by atoms with E-state index in [9.17, 15) is 18.7 Å². The molecule has 5 rings (SSSR count). The summed E-state index contributed by atoms with van der Waals surface area (Å²) in [6.45, 7) is 0.120. The number of carboxylic acid groups (broad SMARTS) is 1. The molecule has 10 heteroatoms. The van der Waals surface area contributed by atoms with Crippen molar-refractivity contribution in [3.8, 4) is 17.3 Å². The Morgan fingerprint density at radius 2 is 1.78 bits per heavy atom. The van der Waals surface area contributed by atoms with Crippen LogP contribution in [0.1, 0.15) is 48.5 Å². The lowest BCUT2D eigenvalue weighted by molar-refractivity contribution is 0.0696. The molecule has 4 aromatic rings. The van der Waals surface area contributed by atoms with Crippen molar-refractivity contribution >= 4 is 40.2 Å². The Labute approximate surface area is 221 Å². The zero-order valence-electron chi connectivity index (χ0n) is 19.6. The number of carboxylic acids is 1. The molecule has 2 aromatic carbocycles. The van der Waals surface area contributed by atoms with E-state index in [2.05, 4.69) is 9.97 Å². The van der Waals surface area contributed by atoms with E-state index in [1.54, 1.807) is 12.1 Å². The number of carbonyl (C=O) groups is 1. The Morgan fingerprint density at radius 3 is 2.46 bits per heavy atom. The number of rotatable bonds is 7. The van der Waals surface area contributed by atoms with Crippen molar-refractivity contribution in [1.82, 2.24) is 14.5 Å². The summed E-state index contributed by atoms with van der Waals surface area (Å²) in [5, 5.41) is 9.83. The molecule has 0 radical (unpaired) electrons. The van der Waals surface area contributed by atoms with Crippen molar-refractivity contribution in [3.05, 3.63) is 75.9 Å². The molecule has 1 fully saturated rings. The Balaban J connectivity index is 1.61. The quantitative estimate of drug-likeness (QED) is 0.259. The maximum Gasteiger partial charge on any atom is 0.337 e. The number of aromatic carboxylic acids is 1. The number of fused-ring (bicyclic) bond motifs is 1. The van der Waals surface area contributed by atoms with Crippen molar-refractivity contribution in [1.29, 1.82) is 0 Å². The van der Waals surface area contributed by atoms with E-state index in [0.29, 0.717) is 21.9 Å². The summed E-state index contributed by atoms with van der Waals surface area (Å²) in [5.41, 5.74) is 1.46. The third-order valence-electron chi connectivity index (χ3n) is 6.80. The Morgan fingerprint density at radius 1 is 1.08 bits per heavy atom. The first-order valence-corrected chi connectivity index (χ1v) is 12.7. The highest BCUT2D eigenvalue weighted by Crippen LogP contribution is 2.39. The highest BCUT2D eigenvalue weighted by atomic mass is 35.5. The lowest BCUT2D eigenvalue weighted by Crippen LogP contribution is -2.28. The molecule has 1 unspecified atom stereocenters. The summed E-state index contributed by atoms with van der Waals surface area (Å²) in [7, 11) is 0. The lowest BCUT2D eigenvalue weighted by Gasteiger charge is -2.32. The van der Waals surface area contributed by atoms with Crippen LogP contribution in [0, 0.1) is 17.6 Å². The number of hydrogen-bond donors (Lipinski definition) is 1. The van der Waals surface area contributed by atoms with Crippen LogP contribution in [0.3, 0.4) is 0 Å². The van der Waals surface area contributed by atoms with Gasteiger partial charge in [0.05, 0.1) is 22.6 Å². The largest absolute Gasteiger partial charge is 0.478 e. The van der Waals surface area contributed by atoms with Gasteiger partial charge in [-0.25, -0.2) is 23.5 Å². The topological polar surface area (TPSA) is 77.2 Å². The minimum absolute atomic E-state index is 0.0516. The number of aromatic nitrogens is 3. The van der Waals surface area contributed by atoms with Gasteiger partial charge in [-0.1, -0.05) is 42.5 Å². The number of nitrogens with zero attached hydrogens (tertiary/aromatic N) is 3. The molecule has 1 N–H and O–H groups in total. The molecule has 0 saturated heterocycles. The number of pyridine rings is 1. The van der Waals surface area contributed by atoms with Crippen LogP contribution in [0.2, 0.25) is 10.0 Å². The predicted octanol–water partition coefficient (Wildman–Crippen LogP) is 7.58. The van der Waals surface area contributed by atoms with E-state index >= 15 is 0 Å². The average molecular weight is 546 g/mol. The molecule has 192 valence electrons. The molecule has 2 aromatic heterocycles. The minimum Gasteiger partial charge on any atom is -0.478 e. The van der Waals surface area contributed by atoms with Gasteiger partial charge in [0.15, 0.2) is 11.6 Å². The van der Waals surface area contributed by atoms with Crippen LogP contribution in [-0.4, -0.2) is 32.2 Å². The number of benzene rings is 2. The molecule has 37 heavy (non-hydrogen) atoms. The van der Waals surface area contributed by atoms with Gasteiger partial charge in [-0.2, -0.15) is 0 Å². The third kappa shape index (κ3) is 5.26. The molecule has 1 saturated carbocycles. The molecule has 0 spiro atoms. The van der Waals surface area contributed by atoms with Gasteiger partial charge < -0.3 is 14.4 Å². The monoisotopic (exact) mass is 545 g/mol. The normalized spacial score (nSPS) is 15.1. The molecule has 1 aliphatic carbocycles. The summed E-state index contributed by atoms with van der Waals surface area (Å²) in [6, 6.07) is 10.3. The molecule has 2 heterocycles. The molecular formula is C27H23Cl2F2N3O3. The summed E-state index contributed by atoms with van der Waals surface area (Å²) < 4.78 is 36.6. The second kappa shape index (κ2) is 10.6. The summed E-state index contributed by atoms with van der Waals surface area (Å²) in [6.07, 6.45) is 6.25. The van der Waals surface area contributed by atoms with E-state index in [-0.39, 0.29) is 35.0 Å². The highest BCUT2D eigenvalue weighted by molar-refractivity contribution is 6.32. The fourth-order valence-corrected chi connectivity index (χ4v) is 5.33.